The van der Waals surface area contributed by atoms with Gasteiger partial charge >= 0.3 is 0 Å². The van der Waals surface area contributed by atoms with E-state index < -0.39 is 6.10 Å². The summed E-state index contributed by atoms with van der Waals surface area (Å²) in [6, 6.07) is 11.3. The average Bonchev–Trinajstić information content (AvgIpc) is 3.42. The summed E-state index contributed by atoms with van der Waals surface area (Å²) in [6.07, 6.45) is 4.81. The lowest BCUT2D eigenvalue weighted by atomic mass is 10.1. The van der Waals surface area contributed by atoms with Gasteiger partial charge in [-0.05, 0) is 30.7 Å². The van der Waals surface area contributed by atoms with E-state index in [0.29, 0.717) is 30.4 Å². The molecule has 132 valence electrons. The second-order valence-electron chi connectivity index (χ2n) is 5.84. The third-order valence-corrected chi connectivity index (χ3v) is 4.08. The smallest absolute Gasteiger partial charge is 0.217 e. The Morgan fingerprint density at radius 2 is 2.08 bits per heavy atom. The van der Waals surface area contributed by atoms with E-state index in [1.54, 1.807) is 28.0 Å². The topological polar surface area (TPSA) is 94.8 Å². The number of furan rings is 1. The lowest BCUT2D eigenvalue weighted by Gasteiger charge is -2.12. The number of rotatable bonds is 6. The number of para-hydroxylation sites is 1. The molecule has 0 radical (unpaired) electrons. The fourth-order valence-electron chi connectivity index (χ4n) is 2.70. The normalized spacial score (nSPS) is 12.4. The van der Waals surface area contributed by atoms with Crippen molar-refractivity contribution in [2.45, 2.75) is 26.0 Å². The van der Waals surface area contributed by atoms with Crippen molar-refractivity contribution in [1.29, 1.82) is 0 Å². The van der Waals surface area contributed by atoms with Crippen molar-refractivity contribution in [3.05, 3.63) is 55.3 Å². The molecule has 1 aromatic carbocycles. The van der Waals surface area contributed by atoms with E-state index in [-0.39, 0.29) is 0 Å². The molecule has 8 heteroatoms. The molecule has 0 bridgehead atoms. The van der Waals surface area contributed by atoms with Gasteiger partial charge in [0.2, 0.25) is 5.82 Å². The molecule has 0 spiro atoms. The summed E-state index contributed by atoms with van der Waals surface area (Å²) >= 11 is 0. The predicted octanol–water partition coefficient (Wildman–Crippen LogP) is 2.56. The van der Waals surface area contributed by atoms with Crippen LogP contribution >= 0.6 is 0 Å². The maximum Gasteiger partial charge on any atom is 0.217 e. The minimum Gasteiger partial charge on any atom is -0.461 e. The summed E-state index contributed by atoms with van der Waals surface area (Å²) in [5, 5.41) is 18.9. The first-order valence-electron chi connectivity index (χ1n) is 8.37. The van der Waals surface area contributed by atoms with Crippen molar-refractivity contribution in [3.8, 4) is 28.7 Å². The largest absolute Gasteiger partial charge is 0.461 e. The molecule has 0 aliphatic carbocycles. The SMILES string of the molecule is CC[C@@H](O)Cn1nc(-c2ccco2)nc1-c1ccccc1-n1cncn1. The Balaban J connectivity index is 1.86. The molecule has 0 aliphatic heterocycles. The first-order chi connectivity index (χ1) is 12.8. The number of aliphatic hydroxyl groups excluding tert-OH is 1. The third kappa shape index (κ3) is 3.02. The molecule has 4 aromatic rings. The number of aromatic nitrogens is 6. The highest BCUT2D eigenvalue weighted by Crippen LogP contribution is 2.27. The zero-order valence-corrected chi connectivity index (χ0v) is 14.2. The van der Waals surface area contributed by atoms with E-state index in [0.717, 1.165) is 11.3 Å². The van der Waals surface area contributed by atoms with Gasteiger partial charge in [-0.2, -0.15) is 5.10 Å². The van der Waals surface area contributed by atoms with Gasteiger partial charge in [-0.15, -0.1) is 5.10 Å². The Hall–Kier alpha value is -3.26. The maximum absolute atomic E-state index is 10.1. The summed E-state index contributed by atoms with van der Waals surface area (Å²) in [5.41, 5.74) is 1.67. The first-order valence-corrected chi connectivity index (χ1v) is 8.37. The van der Waals surface area contributed by atoms with Crippen molar-refractivity contribution in [1.82, 2.24) is 29.5 Å². The monoisotopic (exact) mass is 350 g/mol. The van der Waals surface area contributed by atoms with Gasteiger partial charge in [0.15, 0.2) is 11.6 Å². The van der Waals surface area contributed by atoms with Crippen molar-refractivity contribution in [3.63, 3.8) is 0 Å². The molecule has 0 saturated carbocycles. The van der Waals surface area contributed by atoms with E-state index in [4.69, 9.17) is 4.42 Å². The van der Waals surface area contributed by atoms with Gasteiger partial charge in [0, 0.05) is 5.56 Å². The number of nitrogens with zero attached hydrogens (tertiary/aromatic N) is 6. The van der Waals surface area contributed by atoms with Crippen LogP contribution in [0, 0.1) is 0 Å². The van der Waals surface area contributed by atoms with Gasteiger partial charge in [-0.3, -0.25) is 0 Å². The Kier molecular flexibility index (Phi) is 4.32. The van der Waals surface area contributed by atoms with Crippen molar-refractivity contribution in [2.24, 2.45) is 0 Å². The third-order valence-electron chi connectivity index (χ3n) is 4.08. The van der Waals surface area contributed by atoms with Crippen LogP contribution in [0.1, 0.15) is 13.3 Å². The minimum absolute atomic E-state index is 0.339. The average molecular weight is 350 g/mol. The molecule has 0 aliphatic rings. The van der Waals surface area contributed by atoms with Crippen LogP contribution in [-0.4, -0.2) is 40.7 Å². The lowest BCUT2D eigenvalue weighted by Crippen LogP contribution is -2.17. The standard InChI is InChI=1S/C18H18N6O2/c1-2-13(25)10-23-18(21-17(22-23)16-8-5-9-26-16)14-6-3-4-7-15(14)24-12-19-11-20-24/h3-9,11-13,25H,2,10H2,1H3/t13-/m1/s1. The maximum atomic E-state index is 10.1. The number of hydrogen-bond donors (Lipinski definition) is 1. The van der Waals surface area contributed by atoms with Gasteiger partial charge in [-0.25, -0.2) is 19.3 Å². The zero-order chi connectivity index (χ0) is 17.9. The van der Waals surface area contributed by atoms with Gasteiger partial charge in [0.25, 0.3) is 0 Å². The predicted molar refractivity (Wildman–Crippen MR) is 94.4 cm³/mol. The molecule has 3 heterocycles. The van der Waals surface area contributed by atoms with Crippen LogP contribution in [0.3, 0.4) is 0 Å². The van der Waals surface area contributed by atoms with Crippen LogP contribution in [0.4, 0.5) is 0 Å². The number of benzene rings is 1. The summed E-state index contributed by atoms with van der Waals surface area (Å²) in [5.74, 6) is 1.69. The van der Waals surface area contributed by atoms with Crippen LogP contribution in [0.25, 0.3) is 28.7 Å². The summed E-state index contributed by atoms with van der Waals surface area (Å²) in [7, 11) is 0. The first kappa shape index (κ1) is 16.2. The van der Waals surface area contributed by atoms with Crippen LogP contribution in [-0.2, 0) is 6.54 Å². The molecule has 0 saturated heterocycles. The highest BCUT2D eigenvalue weighted by atomic mass is 16.3. The number of aliphatic hydroxyl groups is 1. The van der Waals surface area contributed by atoms with Crippen molar-refractivity contribution >= 4 is 0 Å². The van der Waals surface area contributed by atoms with Crippen LogP contribution in [0.5, 0.6) is 0 Å². The minimum atomic E-state index is -0.515. The van der Waals surface area contributed by atoms with Gasteiger partial charge < -0.3 is 9.52 Å². The molecule has 8 nitrogen and oxygen atoms in total. The summed E-state index contributed by atoms with van der Waals surface area (Å²) in [6.45, 7) is 2.27. The Labute approximate surface area is 149 Å². The quantitative estimate of drug-likeness (QED) is 0.574. The second kappa shape index (κ2) is 6.93. The molecule has 0 fully saturated rings. The van der Waals surface area contributed by atoms with E-state index >= 15 is 0 Å². The second-order valence-corrected chi connectivity index (χ2v) is 5.84. The van der Waals surface area contributed by atoms with Crippen LogP contribution in [0.2, 0.25) is 0 Å². The Morgan fingerprint density at radius 3 is 2.81 bits per heavy atom. The van der Waals surface area contributed by atoms with Crippen molar-refractivity contribution < 1.29 is 9.52 Å². The van der Waals surface area contributed by atoms with E-state index in [2.05, 4.69) is 20.2 Å². The van der Waals surface area contributed by atoms with Crippen LogP contribution in [0.15, 0.2) is 59.7 Å². The Morgan fingerprint density at radius 1 is 1.19 bits per heavy atom. The molecule has 3 aromatic heterocycles. The summed E-state index contributed by atoms with van der Waals surface area (Å²) in [4.78, 5) is 8.68. The highest BCUT2D eigenvalue weighted by molar-refractivity contribution is 5.68. The molecule has 1 N–H and O–H groups in total. The fourth-order valence-corrected chi connectivity index (χ4v) is 2.70. The summed E-state index contributed by atoms with van der Waals surface area (Å²) < 4.78 is 8.82. The van der Waals surface area contributed by atoms with E-state index in [9.17, 15) is 5.11 Å². The molecular formula is C18H18N6O2. The molecule has 26 heavy (non-hydrogen) atoms. The van der Waals surface area contributed by atoms with Crippen molar-refractivity contribution in [2.75, 3.05) is 0 Å². The fraction of sp³-hybridized carbons (Fsp3) is 0.222. The molecule has 4 rings (SSSR count). The Bertz CT molecular complexity index is 975. The lowest BCUT2D eigenvalue weighted by molar-refractivity contribution is 0.146. The van der Waals surface area contributed by atoms with Crippen LogP contribution < -0.4 is 0 Å². The molecule has 0 unspecified atom stereocenters. The van der Waals surface area contributed by atoms with Gasteiger partial charge in [0.1, 0.15) is 12.7 Å². The molecule has 0 amide bonds. The zero-order valence-electron chi connectivity index (χ0n) is 14.2. The molecular weight excluding hydrogens is 332 g/mol. The van der Waals surface area contributed by atoms with E-state index in [1.807, 2.05) is 37.3 Å². The van der Waals surface area contributed by atoms with Gasteiger partial charge in [0.05, 0.1) is 24.6 Å². The number of hydrogen-bond acceptors (Lipinski definition) is 6. The molecule has 1 atom stereocenters. The highest BCUT2D eigenvalue weighted by Gasteiger charge is 2.19. The van der Waals surface area contributed by atoms with Gasteiger partial charge in [-0.1, -0.05) is 19.1 Å². The van der Waals surface area contributed by atoms with E-state index in [1.165, 1.54) is 6.33 Å².